The zero-order valence-electron chi connectivity index (χ0n) is 8.15. The molecule has 1 rings (SSSR count). The van der Waals surface area contributed by atoms with Crippen LogP contribution in [0, 0.1) is 0 Å². The molecule has 0 bridgehead atoms. The van der Waals surface area contributed by atoms with Gasteiger partial charge in [0.2, 0.25) is 0 Å². The number of benzene rings is 1. The van der Waals surface area contributed by atoms with Gasteiger partial charge >= 0.3 is 6.18 Å². The number of alkyl halides is 3. The number of carbonyl (C=O) groups excluding carboxylic acids is 1. The number of hydroxylamine groups is 1. The summed E-state index contributed by atoms with van der Waals surface area (Å²) in [4.78, 5) is 15.4. The van der Waals surface area contributed by atoms with Crippen molar-refractivity contribution in [2.45, 2.75) is 6.18 Å². The van der Waals surface area contributed by atoms with Gasteiger partial charge in [-0.25, -0.2) is 5.48 Å². The lowest BCUT2D eigenvalue weighted by Crippen LogP contribution is -2.29. The van der Waals surface area contributed by atoms with Crippen molar-refractivity contribution in [3.05, 3.63) is 33.3 Å². The highest BCUT2D eigenvalue weighted by Gasteiger charge is 2.28. The zero-order valence-corrected chi connectivity index (χ0v) is 10.5. The van der Waals surface area contributed by atoms with Gasteiger partial charge in [0, 0.05) is 4.47 Å². The molecule has 0 heterocycles. The van der Waals surface area contributed by atoms with Crippen LogP contribution in [0.5, 0.6) is 0 Å². The van der Waals surface area contributed by atoms with E-state index >= 15 is 0 Å². The standard InChI is InChI=1S/C9H6BrClF3NO2/c10-5-1-2-6(7(11)3-5)8(16)15-17-4-9(12,13)14/h1-3H,4H2,(H,15,16). The van der Waals surface area contributed by atoms with Gasteiger partial charge in [-0.05, 0) is 18.2 Å². The summed E-state index contributed by atoms with van der Waals surface area (Å²) in [5.74, 6) is -0.841. The second kappa shape index (κ2) is 5.70. The Bertz CT molecular complexity index is 425. The first-order valence-corrected chi connectivity index (χ1v) is 5.40. The molecule has 0 aliphatic heterocycles. The summed E-state index contributed by atoms with van der Waals surface area (Å²) in [6.45, 7) is -1.56. The van der Waals surface area contributed by atoms with E-state index in [0.29, 0.717) is 4.47 Å². The quantitative estimate of drug-likeness (QED) is 0.862. The van der Waals surface area contributed by atoms with Gasteiger partial charge in [0.25, 0.3) is 5.91 Å². The molecule has 1 amide bonds. The van der Waals surface area contributed by atoms with E-state index in [-0.39, 0.29) is 10.6 Å². The van der Waals surface area contributed by atoms with Gasteiger partial charge < -0.3 is 0 Å². The maximum atomic E-state index is 11.7. The van der Waals surface area contributed by atoms with Crippen LogP contribution in [-0.4, -0.2) is 18.7 Å². The third kappa shape index (κ3) is 4.93. The van der Waals surface area contributed by atoms with E-state index in [2.05, 4.69) is 20.8 Å². The Labute approximate surface area is 108 Å². The van der Waals surface area contributed by atoms with E-state index < -0.39 is 18.7 Å². The molecule has 1 aromatic carbocycles. The van der Waals surface area contributed by atoms with Gasteiger partial charge in [-0.1, -0.05) is 27.5 Å². The van der Waals surface area contributed by atoms with Crippen LogP contribution >= 0.6 is 27.5 Å². The molecule has 1 aromatic rings. The van der Waals surface area contributed by atoms with Crippen LogP contribution in [0.1, 0.15) is 10.4 Å². The van der Waals surface area contributed by atoms with E-state index in [9.17, 15) is 18.0 Å². The second-order valence-corrected chi connectivity index (χ2v) is 4.28. The Morgan fingerprint density at radius 1 is 1.47 bits per heavy atom. The molecule has 0 aliphatic rings. The topological polar surface area (TPSA) is 38.3 Å². The molecule has 0 saturated carbocycles. The minimum Gasteiger partial charge on any atom is -0.267 e. The van der Waals surface area contributed by atoms with Crippen LogP contribution in [0.3, 0.4) is 0 Å². The Kier molecular flexibility index (Phi) is 4.79. The molecule has 94 valence electrons. The van der Waals surface area contributed by atoms with E-state index in [1.165, 1.54) is 18.2 Å². The number of halogens is 5. The zero-order chi connectivity index (χ0) is 13.1. The third-order valence-corrected chi connectivity index (χ3v) is 2.38. The SMILES string of the molecule is O=C(NOCC(F)(F)F)c1ccc(Br)cc1Cl. The Morgan fingerprint density at radius 3 is 2.65 bits per heavy atom. The van der Waals surface area contributed by atoms with E-state index in [1.807, 2.05) is 0 Å². The van der Waals surface area contributed by atoms with Crippen molar-refractivity contribution in [3.8, 4) is 0 Å². The van der Waals surface area contributed by atoms with Crippen molar-refractivity contribution in [3.63, 3.8) is 0 Å². The number of carbonyl (C=O) groups is 1. The molecule has 3 nitrogen and oxygen atoms in total. The molecule has 1 N–H and O–H groups in total. The predicted molar refractivity (Wildman–Crippen MR) is 58.6 cm³/mol. The largest absolute Gasteiger partial charge is 0.414 e. The second-order valence-electron chi connectivity index (χ2n) is 2.96. The minimum absolute atomic E-state index is 0.0250. The minimum atomic E-state index is -4.50. The normalized spacial score (nSPS) is 11.4. The number of nitrogens with one attached hydrogen (secondary N) is 1. The first-order chi connectivity index (χ1) is 7.79. The smallest absolute Gasteiger partial charge is 0.267 e. The number of hydrogen-bond acceptors (Lipinski definition) is 2. The van der Waals surface area contributed by atoms with Gasteiger partial charge in [-0.15, -0.1) is 0 Å². The van der Waals surface area contributed by atoms with Crippen LogP contribution in [-0.2, 0) is 4.84 Å². The Morgan fingerprint density at radius 2 is 2.12 bits per heavy atom. The molecule has 8 heteroatoms. The highest BCUT2D eigenvalue weighted by atomic mass is 79.9. The van der Waals surface area contributed by atoms with Crippen molar-refractivity contribution in [2.75, 3.05) is 6.61 Å². The number of hydrogen-bond donors (Lipinski definition) is 1. The van der Waals surface area contributed by atoms with E-state index in [0.717, 1.165) is 0 Å². The fraction of sp³-hybridized carbons (Fsp3) is 0.222. The highest BCUT2D eigenvalue weighted by Crippen LogP contribution is 2.21. The summed E-state index contributed by atoms with van der Waals surface area (Å²) in [6.07, 6.45) is -4.50. The maximum absolute atomic E-state index is 11.7. The van der Waals surface area contributed by atoms with Crippen molar-refractivity contribution in [1.82, 2.24) is 5.48 Å². The average molecular weight is 333 g/mol. The summed E-state index contributed by atoms with van der Waals surface area (Å²) in [7, 11) is 0. The van der Waals surface area contributed by atoms with Crippen LogP contribution < -0.4 is 5.48 Å². The molecular formula is C9H6BrClF3NO2. The van der Waals surface area contributed by atoms with Crippen molar-refractivity contribution in [1.29, 1.82) is 0 Å². The first-order valence-electron chi connectivity index (χ1n) is 4.23. The van der Waals surface area contributed by atoms with Crippen molar-refractivity contribution < 1.29 is 22.8 Å². The fourth-order valence-electron chi connectivity index (χ4n) is 0.912. The average Bonchev–Trinajstić information content (AvgIpc) is 2.15. The predicted octanol–water partition coefficient (Wildman–Crippen LogP) is 3.33. The maximum Gasteiger partial charge on any atom is 0.414 e. The summed E-state index contributed by atoms with van der Waals surface area (Å²) in [5, 5.41) is 0.104. The molecule has 0 aliphatic carbocycles. The molecular weight excluding hydrogens is 326 g/mol. The van der Waals surface area contributed by atoms with Gasteiger partial charge in [-0.2, -0.15) is 13.2 Å². The lowest BCUT2D eigenvalue weighted by atomic mass is 10.2. The monoisotopic (exact) mass is 331 g/mol. The molecule has 0 unspecified atom stereocenters. The van der Waals surface area contributed by atoms with Crippen LogP contribution in [0.2, 0.25) is 5.02 Å². The molecule has 0 saturated heterocycles. The molecule has 0 fully saturated rings. The highest BCUT2D eigenvalue weighted by molar-refractivity contribution is 9.10. The molecule has 0 spiro atoms. The first kappa shape index (κ1) is 14.3. The molecule has 0 atom stereocenters. The van der Waals surface area contributed by atoms with Crippen molar-refractivity contribution >= 4 is 33.4 Å². The molecule has 0 radical (unpaired) electrons. The third-order valence-electron chi connectivity index (χ3n) is 1.58. The lowest BCUT2D eigenvalue weighted by molar-refractivity contribution is -0.184. The van der Waals surface area contributed by atoms with E-state index in [4.69, 9.17) is 11.6 Å². The number of amides is 1. The Balaban J connectivity index is 2.59. The molecule has 0 aromatic heterocycles. The summed E-state index contributed by atoms with van der Waals surface area (Å²) in [6, 6.07) is 4.34. The summed E-state index contributed by atoms with van der Waals surface area (Å²) < 4.78 is 35.8. The van der Waals surface area contributed by atoms with Crippen LogP contribution in [0.15, 0.2) is 22.7 Å². The van der Waals surface area contributed by atoms with E-state index in [1.54, 1.807) is 5.48 Å². The number of rotatable bonds is 3. The fourth-order valence-corrected chi connectivity index (χ4v) is 1.67. The lowest BCUT2D eigenvalue weighted by Gasteiger charge is -2.09. The van der Waals surface area contributed by atoms with Gasteiger partial charge in [-0.3, -0.25) is 9.63 Å². The van der Waals surface area contributed by atoms with Gasteiger partial charge in [0.15, 0.2) is 6.61 Å². The van der Waals surface area contributed by atoms with Crippen LogP contribution in [0.4, 0.5) is 13.2 Å². The van der Waals surface area contributed by atoms with Gasteiger partial charge in [0.1, 0.15) is 0 Å². The summed E-state index contributed by atoms with van der Waals surface area (Å²) in [5.41, 5.74) is 1.68. The Hall–Kier alpha value is -0.790. The summed E-state index contributed by atoms with van der Waals surface area (Å²) >= 11 is 8.85. The van der Waals surface area contributed by atoms with Gasteiger partial charge in [0.05, 0.1) is 10.6 Å². The van der Waals surface area contributed by atoms with Crippen molar-refractivity contribution in [2.24, 2.45) is 0 Å². The van der Waals surface area contributed by atoms with Crippen LogP contribution in [0.25, 0.3) is 0 Å². The molecule has 17 heavy (non-hydrogen) atoms.